The minimum absolute atomic E-state index is 0.421. The van der Waals surface area contributed by atoms with Crippen molar-refractivity contribution in [2.75, 3.05) is 5.32 Å². The van der Waals surface area contributed by atoms with Crippen molar-refractivity contribution in [1.29, 1.82) is 0 Å². The molecule has 88 valence electrons. The molecular formula is C12H11Cl2N3. The topological polar surface area (TPSA) is 50.9 Å². The summed E-state index contributed by atoms with van der Waals surface area (Å²) in [6.45, 7) is 0.421. The average molecular weight is 268 g/mol. The van der Waals surface area contributed by atoms with Crippen LogP contribution in [0, 0.1) is 0 Å². The molecule has 0 saturated heterocycles. The second-order valence-electron chi connectivity index (χ2n) is 3.50. The molecule has 0 fully saturated rings. The number of nitrogens with two attached hydrogens (primary N) is 1. The number of hydrogen-bond acceptors (Lipinski definition) is 3. The molecule has 0 spiro atoms. The summed E-state index contributed by atoms with van der Waals surface area (Å²) in [4.78, 5) is 4.23. The number of nitrogens with zero attached hydrogens (tertiary/aromatic N) is 1. The zero-order valence-corrected chi connectivity index (χ0v) is 10.5. The van der Waals surface area contributed by atoms with Gasteiger partial charge in [0.1, 0.15) is 5.82 Å². The van der Waals surface area contributed by atoms with E-state index in [9.17, 15) is 0 Å². The quantitative estimate of drug-likeness (QED) is 0.894. The molecule has 1 heterocycles. The fourth-order valence-electron chi connectivity index (χ4n) is 1.48. The minimum atomic E-state index is 0.421. The second-order valence-corrected chi connectivity index (χ2v) is 4.37. The van der Waals surface area contributed by atoms with Gasteiger partial charge in [-0.15, -0.1) is 0 Å². The van der Waals surface area contributed by atoms with Crippen LogP contribution in [0.3, 0.4) is 0 Å². The van der Waals surface area contributed by atoms with Gasteiger partial charge >= 0.3 is 0 Å². The summed E-state index contributed by atoms with van der Waals surface area (Å²) >= 11 is 11.8. The van der Waals surface area contributed by atoms with Crippen LogP contribution in [-0.4, -0.2) is 4.98 Å². The van der Waals surface area contributed by atoms with Crippen molar-refractivity contribution in [3.63, 3.8) is 0 Å². The van der Waals surface area contributed by atoms with E-state index < -0.39 is 0 Å². The third kappa shape index (κ3) is 3.09. The van der Waals surface area contributed by atoms with Crippen LogP contribution in [0.4, 0.5) is 11.5 Å². The van der Waals surface area contributed by atoms with Gasteiger partial charge in [0.2, 0.25) is 0 Å². The summed E-state index contributed by atoms with van der Waals surface area (Å²) in [5.41, 5.74) is 7.35. The Bertz CT molecular complexity index is 509. The third-order valence-corrected chi connectivity index (χ3v) is 2.67. The lowest BCUT2D eigenvalue weighted by molar-refractivity contribution is 1.05. The van der Waals surface area contributed by atoms with Crippen LogP contribution in [0.5, 0.6) is 0 Å². The summed E-state index contributed by atoms with van der Waals surface area (Å²) in [6, 6.07) is 9.00. The molecule has 3 nitrogen and oxygen atoms in total. The van der Waals surface area contributed by atoms with Gasteiger partial charge < -0.3 is 11.1 Å². The third-order valence-electron chi connectivity index (χ3n) is 2.24. The fourth-order valence-corrected chi connectivity index (χ4v) is 2.00. The first kappa shape index (κ1) is 12.2. The fraction of sp³-hybridized carbons (Fsp3) is 0.0833. The van der Waals surface area contributed by atoms with Gasteiger partial charge in [-0.05, 0) is 24.3 Å². The summed E-state index contributed by atoms with van der Waals surface area (Å²) in [5, 5.41) is 4.29. The van der Waals surface area contributed by atoms with Crippen molar-refractivity contribution in [2.24, 2.45) is 5.73 Å². The van der Waals surface area contributed by atoms with Gasteiger partial charge in [-0.25, -0.2) is 4.98 Å². The Labute approximate surface area is 110 Å². The molecule has 0 bridgehead atoms. The maximum atomic E-state index is 5.92. The SMILES string of the molecule is NCc1cccnc1Nc1cc(Cl)cc(Cl)c1. The van der Waals surface area contributed by atoms with E-state index in [1.165, 1.54) is 0 Å². The normalized spacial score (nSPS) is 10.3. The molecule has 0 aliphatic rings. The highest BCUT2D eigenvalue weighted by Crippen LogP contribution is 2.25. The second kappa shape index (κ2) is 5.36. The Morgan fingerprint density at radius 3 is 2.53 bits per heavy atom. The zero-order chi connectivity index (χ0) is 12.3. The van der Waals surface area contributed by atoms with Crippen molar-refractivity contribution in [3.05, 3.63) is 52.1 Å². The van der Waals surface area contributed by atoms with Gasteiger partial charge in [0.15, 0.2) is 0 Å². The Morgan fingerprint density at radius 2 is 1.88 bits per heavy atom. The highest BCUT2D eigenvalue weighted by molar-refractivity contribution is 6.35. The molecule has 0 radical (unpaired) electrons. The molecule has 0 amide bonds. The molecule has 1 aromatic carbocycles. The highest BCUT2D eigenvalue weighted by atomic mass is 35.5. The lowest BCUT2D eigenvalue weighted by Gasteiger charge is -2.10. The number of pyridine rings is 1. The van der Waals surface area contributed by atoms with Crippen molar-refractivity contribution >= 4 is 34.7 Å². The molecule has 5 heteroatoms. The van der Waals surface area contributed by atoms with E-state index in [1.54, 1.807) is 24.4 Å². The molecular weight excluding hydrogens is 257 g/mol. The van der Waals surface area contributed by atoms with Crippen LogP contribution in [0.15, 0.2) is 36.5 Å². The largest absolute Gasteiger partial charge is 0.340 e. The minimum Gasteiger partial charge on any atom is -0.340 e. The van der Waals surface area contributed by atoms with Crippen LogP contribution in [-0.2, 0) is 6.54 Å². The Kier molecular flexibility index (Phi) is 3.84. The lowest BCUT2D eigenvalue weighted by atomic mass is 10.2. The number of nitrogens with one attached hydrogen (secondary N) is 1. The molecule has 1 aromatic heterocycles. The van der Waals surface area contributed by atoms with Crippen molar-refractivity contribution in [3.8, 4) is 0 Å². The van der Waals surface area contributed by atoms with Gasteiger partial charge in [-0.3, -0.25) is 0 Å². The van der Waals surface area contributed by atoms with E-state index >= 15 is 0 Å². The zero-order valence-electron chi connectivity index (χ0n) is 8.95. The number of hydrogen-bond donors (Lipinski definition) is 2. The molecule has 2 aromatic rings. The van der Waals surface area contributed by atoms with E-state index in [2.05, 4.69) is 10.3 Å². The number of aromatic nitrogens is 1. The summed E-state index contributed by atoms with van der Waals surface area (Å²) < 4.78 is 0. The van der Waals surface area contributed by atoms with Crippen molar-refractivity contribution in [2.45, 2.75) is 6.54 Å². The first-order valence-corrected chi connectivity index (χ1v) is 5.81. The first-order chi connectivity index (χ1) is 8.19. The van der Waals surface area contributed by atoms with E-state index in [4.69, 9.17) is 28.9 Å². The predicted molar refractivity (Wildman–Crippen MR) is 71.9 cm³/mol. The maximum absolute atomic E-state index is 5.92. The van der Waals surface area contributed by atoms with E-state index in [1.807, 2.05) is 12.1 Å². The molecule has 0 aliphatic carbocycles. The van der Waals surface area contributed by atoms with Crippen LogP contribution in [0.1, 0.15) is 5.56 Å². The van der Waals surface area contributed by atoms with E-state index in [-0.39, 0.29) is 0 Å². The predicted octanol–water partition coefficient (Wildman–Crippen LogP) is 3.59. The van der Waals surface area contributed by atoms with Crippen LogP contribution >= 0.6 is 23.2 Å². The van der Waals surface area contributed by atoms with Crippen LogP contribution in [0.25, 0.3) is 0 Å². The van der Waals surface area contributed by atoms with Crippen molar-refractivity contribution in [1.82, 2.24) is 4.98 Å². The summed E-state index contributed by atoms with van der Waals surface area (Å²) in [6.07, 6.45) is 1.70. The van der Waals surface area contributed by atoms with Gasteiger partial charge in [0.05, 0.1) is 0 Å². The Hall–Kier alpha value is -1.29. The Morgan fingerprint density at radius 1 is 1.18 bits per heavy atom. The van der Waals surface area contributed by atoms with Gasteiger partial charge in [0, 0.05) is 34.0 Å². The monoisotopic (exact) mass is 267 g/mol. The standard InChI is InChI=1S/C12H11Cl2N3/c13-9-4-10(14)6-11(5-9)17-12-8(7-15)2-1-3-16-12/h1-6H,7,15H2,(H,16,17). The van der Waals surface area contributed by atoms with Gasteiger partial charge in [0.25, 0.3) is 0 Å². The number of anilines is 2. The highest BCUT2D eigenvalue weighted by Gasteiger charge is 2.03. The first-order valence-electron chi connectivity index (χ1n) is 5.06. The average Bonchev–Trinajstić information content (AvgIpc) is 2.28. The lowest BCUT2D eigenvalue weighted by Crippen LogP contribution is -2.03. The number of rotatable bonds is 3. The molecule has 17 heavy (non-hydrogen) atoms. The smallest absolute Gasteiger partial charge is 0.134 e. The van der Waals surface area contributed by atoms with E-state index in [0.717, 1.165) is 11.3 Å². The van der Waals surface area contributed by atoms with Crippen LogP contribution < -0.4 is 11.1 Å². The molecule has 3 N–H and O–H groups in total. The summed E-state index contributed by atoms with van der Waals surface area (Å²) in [7, 11) is 0. The van der Waals surface area contributed by atoms with Crippen molar-refractivity contribution < 1.29 is 0 Å². The number of benzene rings is 1. The summed E-state index contributed by atoms with van der Waals surface area (Å²) in [5.74, 6) is 0.716. The van der Waals surface area contributed by atoms with Crippen LogP contribution in [0.2, 0.25) is 10.0 Å². The number of halogens is 2. The van der Waals surface area contributed by atoms with Gasteiger partial charge in [-0.2, -0.15) is 0 Å². The molecule has 0 atom stereocenters. The molecule has 0 unspecified atom stereocenters. The molecule has 0 aliphatic heterocycles. The van der Waals surface area contributed by atoms with E-state index in [0.29, 0.717) is 22.4 Å². The van der Waals surface area contributed by atoms with Gasteiger partial charge in [-0.1, -0.05) is 29.3 Å². The maximum Gasteiger partial charge on any atom is 0.134 e. The molecule has 0 saturated carbocycles. The molecule has 2 rings (SSSR count). The Balaban J connectivity index is 2.31.